The van der Waals surface area contributed by atoms with E-state index in [9.17, 15) is 4.79 Å². The molecule has 5 nitrogen and oxygen atoms in total. The van der Waals surface area contributed by atoms with Gasteiger partial charge < -0.3 is 15.0 Å². The highest BCUT2D eigenvalue weighted by atomic mass is 16.5. The molecule has 2 rings (SSSR count). The summed E-state index contributed by atoms with van der Waals surface area (Å²) in [4.78, 5) is 15.7. The summed E-state index contributed by atoms with van der Waals surface area (Å²) < 4.78 is 6.84. The lowest BCUT2D eigenvalue weighted by atomic mass is 9.95. The quantitative estimate of drug-likeness (QED) is 0.818. The number of ether oxygens (including phenoxy) is 1. The van der Waals surface area contributed by atoms with Crippen LogP contribution >= 0.6 is 0 Å². The van der Waals surface area contributed by atoms with Gasteiger partial charge in [-0.3, -0.25) is 0 Å². The third kappa shape index (κ3) is 2.43. The van der Waals surface area contributed by atoms with Crippen LogP contribution in [0.5, 0.6) is 0 Å². The van der Waals surface area contributed by atoms with Crippen LogP contribution in [-0.4, -0.2) is 22.1 Å². The van der Waals surface area contributed by atoms with E-state index in [1.54, 1.807) is 13.3 Å². The van der Waals surface area contributed by atoms with Crippen molar-refractivity contribution in [3.8, 4) is 0 Å². The van der Waals surface area contributed by atoms with Crippen LogP contribution in [0.1, 0.15) is 55.6 Å². The van der Waals surface area contributed by atoms with Crippen molar-refractivity contribution in [1.29, 1.82) is 0 Å². The summed E-state index contributed by atoms with van der Waals surface area (Å²) in [5.41, 5.74) is 6.21. The SMILES string of the molecule is CCOC(=O)c1ncn(C2CCCCC2)c1N. The Hall–Kier alpha value is -1.52. The molecule has 1 aromatic heterocycles. The number of imidazole rings is 1. The summed E-state index contributed by atoms with van der Waals surface area (Å²) in [6.07, 6.45) is 7.62. The minimum Gasteiger partial charge on any atom is -0.461 e. The second kappa shape index (κ2) is 5.21. The van der Waals surface area contributed by atoms with Gasteiger partial charge in [-0.1, -0.05) is 19.3 Å². The first kappa shape index (κ1) is 12.0. The van der Waals surface area contributed by atoms with Crippen molar-refractivity contribution in [2.75, 3.05) is 12.3 Å². The Morgan fingerprint density at radius 1 is 1.53 bits per heavy atom. The molecular formula is C12H19N3O2. The highest BCUT2D eigenvalue weighted by Gasteiger charge is 2.22. The molecule has 0 aromatic carbocycles. The molecule has 0 radical (unpaired) electrons. The molecule has 1 heterocycles. The van der Waals surface area contributed by atoms with Crippen LogP contribution < -0.4 is 5.73 Å². The van der Waals surface area contributed by atoms with Gasteiger partial charge in [0.1, 0.15) is 5.82 Å². The summed E-state index contributed by atoms with van der Waals surface area (Å²) >= 11 is 0. The Morgan fingerprint density at radius 3 is 2.88 bits per heavy atom. The number of esters is 1. The van der Waals surface area contributed by atoms with Crippen LogP contribution in [-0.2, 0) is 4.74 Å². The van der Waals surface area contributed by atoms with E-state index in [1.165, 1.54) is 19.3 Å². The Morgan fingerprint density at radius 2 is 2.24 bits per heavy atom. The average Bonchev–Trinajstić information content (AvgIpc) is 2.72. The van der Waals surface area contributed by atoms with Crippen LogP contribution in [0.4, 0.5) is 5.82 Å². The monoisotopic (exact) mass is 237 g/mol. The lowest BCUT2D eigenvalue weighted by Gasteiger charge is -2.23. The van der Waals surface area contributed by atoms with Gasteiger partial charge in [0.15, 0.2) is 5.69 Å². The molecular weight excluding hydrogens is 218 g/mol. The summed E-state index contributed by atoms with van der Waals surface area (Å²) in [6.45, 7) is 2.11. The molecule has 0 saturated heterocycles. The van der Waals surface area contributed by atoms with E-state index in [1.807, 2.05) is 4.57 Å². The number of nitrogens with two attached hydrogens (primary N) is 1. The fourth-order valence-electron chi connectivity index (χ4n) is 2.38. The molecule has 0 unspecified atom stereocenters. The van der Waals surface area contributed by atoms with Gasteiger partial charge >= 0.3 is 5.97 Å². The average molecular weight is 237 g/mol. The zero-order chi connectivity index (χ0) is 12.3. The predicted molar refractivity (Wildman–Crippen MR) is 64.7 cm³/mol. The summed E-state index contributed by atoms with van der Waals surface area (Å²) in [6, 6.07) is 0.388. The number of carbonyl (C=O) groups excluding carboxylic acids is 1. The summed E-state index contributed by atoms with van der Waals surface area (Å²) in [7, 11) is 0. The fraction of sp³-hybridized carbons (Fsp3) is 0.667. The van der Waals surface area contributed by atoms with Crippen molar-refractivity contribution in [1.82, 2.24) is 9.55 Å². The fourth-order valence-corrected chi connectivity index (χ4v) is 2.38. The van der Waals surface area contributed by atoms with Crippen molar-refractivity contribution in [2.24, 2.45) is 0 Å². The molecule has 94 valence electrons. The van der Waals surface area contributed by atoms with E-state index in [0.29, 0.717) is 18.5 Å². The van der Waals surface area contributed by atoms with Gasteiger partial charge in [0.05, 0.1) is 12.9 Å². The number of carbonyl (C=O) groups is 1. The smallest absolute Gasteiger partial charge is 0.360 e. The number of hydrogen-bond donors (Lipinski definition) is 1. The third-order valence-corrected chi connectivity index (χ3v) is 3.27. The van der Waals surface area contributed by atoms with E-state index in [4.69, 9.17) is 10.5 Å². The van der Waals surface area contributed by atoms with E-state index < -0.39 is 5.97 Å². The lowest BCUT2D eigenvalue weighted by molar-refractivity contribution is 0.0521. The van der Waals surface area contributed by atoms with Gasteiger partial charge in [-0.2, -0.15) is 0 Å². The lowest BCUT2D eigenvalue weighted by Crippen LogP contribution is -2.15. The predicted octanol–water partition coefficient (Wildman–Crippen LogP) is 2.15. The molecule has 1 saturated carbocycles. The standard InChI is InChI=1S/C12H19N3O2/c1-2-17-12(16)10-11(13)15(8-14-10)9-6-4-3-5-7-9/h8-9H,2-7,13H2,1H3. The van der Waals surface area contributed by atoms with E-state index in [2.05, 4.69) is 4.98 Å². The minimum atomic E-state index is -0.431. The highest BCUT2D eigenvalue weighted by Crippen LogP contribution is 2.30. The first-order valence-electron chi connectivity index (χ1n) is 6.23. The maximum Gasteiger partial charge on any atom is 0.360 e. The zero-order valence-electron chi connectivity index (χ0n) is 10.2. The van der Waals surface area contributed by atoms with Gasteiger partial charge in [-0.15, -0.1) is 0 Å². The summed E-state index contributed by atoms with van der Waals surface area (Å²) in [5, 5.41) is 0. The molecule has 1 aromatic rings. The van der Waals surface area contributed by atoms with E-state index in [0.717, 1.165) is 12.8 Å². The third-order valence-electron chi connectivity index (χ3n) is 3.27. The second-order valence-corrected chi connectivity index (χ2v) is 4.40. The van der Waals surface area contributed by atoms with Crippen molar-refractivity contribution in [2.45, 2.75) is 45.1 Å². The molecule has 0 aliphatic heterocycles. The molecule has 1 fully saturated rings. The van der Waals surface area contributed by atoms with Gasteiger partial charge in [0, 0.05) is 6.04 Å². The highest BCUT2D eigenvalue weighted by molar-refractivity contribution is 5.92. The molecule has 0 spiro atoms. The van der Waals surface area contributed by atoms with Gasteiger partial charge in [-0.25, -0.2) is 9.78 Å². The maximum absolute atomic E-state index is 11.6. The largest absolute Gasteiger partial charge is 0.461 e. The van der Waals surface area contributed by atoms with Crippen molar-refractivity contribution < 1.29 is 9.53 Å². The number of nitrogen functional groups attached to an aromatic ring is 1. The molecule has 17 heavy (non-hydrogen) atoms. The topological polar surface area (TPSA) is 70.1 Å². The number of rotatable bonds is 3. The molecule has 1 aliphatic rings. The molecule has 5 heteroatoms. The van der Waals surface area contributed by atoms with Crippen molar-refractivity contribution in [3.05, 3.63) is 12.0 Å². The van der Waals surface area contributed by atoms with Crippen LogP contribution in [0.15, 0.2) is 6.33 Å². The van der Waals surface area contributed by atoms with Crippen LogP contribution in [0.2, 0.25) is 0 Å². The Labute approximate surface area is 101 Å². The van der Waals surface area contributed by atoms with Crippen molar-refractivity contribution >= 4 is 11.8 Å². The van der Waals surface area contributed by atoms with Gasteiger partial charge in [0.2, 0.25) is 0 Å². The minimum absolute atomic E-state index is 0.248. The molecule has 0 amide bonds. The number of aromatic nitrogens is 2. The Bertz CT molecular complexity index is 394. The number of nitrogens with zero attached hydrogens (tertiary/aromatic N) is 2. The van der Waals surface area contributed by atoms with Crippen molar-refractivity contribution in [3.63, 3.8) is 0 Å². The zero-order valence-corrected chi connectivity index (χ0v) is 10.2. The van der Waals surface area contributed by atoms with Crippen LogP contribution in [0.25, 0.3) is 0 Å². The number of hydrogen-bond acceptors (Lipinski definition) is 4. The van der Waals surface area contributed by atoms with E-state index in [-0.39, 0.29) is 5.69 Å². The first-order valence-corrected chi connectivity index (χ1v) is 6.23. The Balaban J connectivity index is 2.16. The van der Waals surface area contributed by atoms with Gasteiger partial charge in [-0.05, 0) is 19.8 Å². The molecule has 2 N–H and O–H groups in total. The maximum atomic E-state index is 11.6. The normalized spacial score (nSPS) is 17.0. The summed E-state index contributed by atoms with van der Waals surface area (Å²) in [5.74, 6) is 0.00918. The number of anilines is 1. The second-order valence-electron chi connectivity index (χ2n) is 4.40. The first-order chi connectivity index (χ1) is 8.24. The van der Waals surface area contributed by atoms with Crippen LogP contribution in [0.3, 0.4) is 0 Å². The van der Waals surface area contributed by atoms with E-state index >= 15 is 0 Å². The van der Waals surface area contributed by atoms with Gasteiger partial charge in [0.25, 0.3) is 0 Å². The molecule has 0 atom stereocenters. The van der Waals surface area contributed by atoms with Crippen LogP contribution in [0, 0.1) is 0 Å². The molecule has 0 bridgehead atoms. The molecule has 1 aliphatic carbocycles. The Kier molecular flexibility index (Phi) is 3.66.